The second kappa shape index (κ2) is 9.11. The quantitative estimate of drug-likeness (QED) is 0.618. The lowest BCUT2D eigenvalue weighted by molar-refractivity contribution is -0.121. The number of pyridine rings is 1. The summed E-state index contributed by atoms with van der Waals surface area (Å²) in [5, 5.41) is 2.83. The van der Waals surface area contributed by atoms with Gasteiger partial charge in [-0.15, -0.1) is 0 Å². The van der Waals surface area contributed by atoms with Crippen molar-refractivity contribution in [3.8, 4) is 0 Å². The van der Waals surface area contributed by atoms with E-state index in [2.05, 4.69) is 21.9 Å². The summed E-state index contributed by atoms with van der Waals surface area (Å²) in [4.78, 5) is 36.1. The number of anilines is 1. The number of likely N-dealkylation sites (N-methyl/N-ethyl adjacent to an activating group) is 2. The molecule has 1 aliphatic carbocycles. The summed E-state index contributed by atoms with van der Waals surface area (Å²) < 4.78 is 13.4. The maximum Gasteiger partial charge on any atom is 0.267 e. The number of allylic oxidation sites excluding steroid dienone is 2. The Bertz CT molecular complexity index is 1000. The van der Waals surface area contributed by atoms with Gasteiger partial charge in [-0.2, -0.15) is 0 Å². The molecule has 1 fully saturated rings. The van der Waals surface area contributed by atoms with E-state index in [1.165, 1.54) is 0 Å². The van der Waals surface area contributed by atoms with E-state index in [9.17, 15) is 14.0 Å². The molecular weight excluding hydrogens is 399 g/mol. The van der Waals surface area contributed by atoms with E-state index in [4.69, 9.17) is 5.73 Å². The summed E-state index contributed by atoms with van der Waals surface area (Å²) in [5.74, 6) is -1.56. The first kappa shape index (κ1) is 22.2. The van der Waals surface area contributed by atoms with Gasteiger partial charge in [-0.25, -0.2) is 14.4 Å². The van der Waals surface area contributed by atoms with Crippen LogP contribution in [0.3, 0.4) is 0 Å². The summed E-state index contributed by atoms with van der Waals surface area (Å²) in [6.45, 7) is 6.37. The Kier molecular flexibility index (Phi) is 6.53. The molecule has 1 aromatic rings. The Morgan fingerprint density at radius 3 is 2.71 bits per heavy atom. The van der Waals surface area contributed by atoms with Crippen molar-refractivity contribution in [2.75, 3.05) is 25.5 Å². The largest absolute Gasteiger partial charge is 0.364 e. The van der Waals surface area contributed by atoms with Crippen molar-refractivity contribution in [2.24, 2.45) is 16.6 Å². The first-order valence-corrected chi connectivity index (χ1v) is 10.0. The van der Waals surface area contributed by atoms with Crippen molar-refractivity contribution in [2.45, 2.75) is 25.9 Å². The van der Waals surface area contributed by atoms with E-state index in [-0.39, 0.29) is 18.0 Å². The van der Waals surface area contributed by atoms with Crippen LogP contribution in [0.15, 0.2) is 53.1 Å². The molecule has 1 aliphatic heterocycles. The first-order chi connectivity index (χ1) is 14.7. The van der Waals surface area contributed by atoms with Gasteiger partial charge in [-0.05, 0) is 36.6 Å². The Labute approximate surface area is 181 Å². The lowest BCUT2D eigenvalue weighted by Gasteiger charge is -2.24. The average Bonchev–Trinajstić information content (AvgIpc) is 3.33. The van der Waals surface area contributed by atoms with Gasteiger partial charge < -0.3 is 20.9 Å². The zero-order chi connectivity index (χ0) is 22.7. The van der Waals surface area contributed by atoms with Crippen LogP contribution in [0.5, 0.6) is 0 Å². The fraction of sp³-hybridized carbons (Fsp3) is 0.364. The molecular formula is C22H27FN6O2. The molecule has 2 atom stereocenters. The highest BCUT2D eigenvalue weighted by atomic mass is 19.1. The number of hydrogen-bond donors (Lipinski definition) is 2. The van der Waals surface area contributed by atoms with Gasteiger partial charge in [-0.1, -0.05) is 13.5 Å². The van der Waals surface area contributed by atoms with Crippen LogP contribution >= 0.6 is 0 Å². The number of aryl methyl sites for hydroxylation is 1. The predicted octanol–water partition coefficient (Wildman–Crippen LogP) is 1.91. The molecule has 0 saturated heterocycles. The van der Waals surface area contributed by atoms with Crippen molar-refractivity contribution < 1.29 is 14.0 Å². The molecule has 31 heavy (non-hydrogen) atoms. The number of amides is 2. The van der Waals surface area contributed by atoms with Crippen LogP contribution in [0.4, 0.5) is 10.1 Å². The van der Waals surface area contributed by atoms with Gasteiger partial charge >= 0.3 is 0 Å². The van der Waals surface area contributed by atoms with Gasteiger partial charge in [0.15, 0.2) is 0 Å². The molecule has 3 N–H and O–H groups in total. The number of carbonyl (C=O) groups excluding carboxylic acids is 2. The third-order valence-electron chi connectivity index (χ3n) is 5.28. The first-order valence-electron chi connectivity index (χ1n) is 10.0. The van der Waals surface area contributed by atoms with Crippen LogP contribution in [-0.4, -0.2) is 54.8 Å². The number of nitrogens with one attached hydrogen (secondary N) is 1. The standard InChI is InChI=1S/C22H27FN6O2/c1-5-13-7-18(21(24)30)25-10-20(13)29(4)14(6-2)8-17(19-11-28(3)12-26-19)27-22(31)15-9-16(15)23/h6-8,10,12,15-16H,2,5,9,11H2,1,3-4H3,(H2,24,30)(H,27,31)/b14-8+,19-17-/t15-,16+/m0/s1. The van der Waals surface area contributed by atoms with Gasteiger partial charge in [0.1, 0.15) is 11.9 Å². The molecule has 8 nitrogen and oxygen atoms in total. The molecule has 1 aromatic heterocycles. The summed E-state index contributed by atoms with van der Waals surface area (Å²) >= 11 is 0. The van der Waals surface area contributed by atoms with E-state index in [0.717, 1.165) is 11.3 Å². The zero-order valence-electron chi connectivity index (χ0n) is 17.9. The maximum absolute atomic E-state index is 13.4. The van der Waals surface area contributed by atoms with Crippen LogP contribution in [-0.2, 0) is 11.2 Å². The molecule has 164 valence electrons. The maximum atomic E-state index is 13.4. The number of carbonyl (C=O) groups is 2. The second-order valence-corrected chi connectivity index (χ2v) is 7.62. The van der Waals surface area contributed by atoms with Gasteiger partial charge in [-0.3, -0.25) is 9.59 Å². The molecule has 9 heteroatoms. The van der Waals surface area contributed by atoms with Gasteiger partial charge in [0, 0.05) is 19.8 Å². The van der Waals surface area contributed by atoms with E-state index in [1.54, 1.807) is 30.8 Å². The molecule has 0 aromatic carbocycles. The van der Waals surface area contributed by atoms with E-state index in [1.807, 2.05) is 30.8 Å². The Morgan fingerprint density at radius 1 is 1.48 bits per heavy atom. The number of halogens is 1. The van der Waals surface area contributed by atoms with Crippen molar-refractivity contribution in [1.82, 2.24) is 15.2 Å². The van der Waals surface area contributed by atoms with E-state index in [0.29, 0.717) is 30.1 Å². The number of hydrogen-bond acceptors (Lipinski definition) is 6. The molecule has 2 heterocycles. The number of alkyl halides is 1. The number of aliphatic imine (C=N–C) groups is 1. The highest BCUT2D eigenvalue weighted by Crippen LogP contribution is 2.34. The third-order valence-corrected chi connectivity index (χ3v) is 5.28. The SMILES string of the molecule is C=C/C(=C\C(NC(=O)[C@H]1C[C@H]1F)=C1/CN(C)C=N1)N(C)c1cnc(C(N)=O)cc1CC. The van der Waals surface area contributed by atoms with Gasteiger partial charge in [0.2, 0.25) is 5.91 Å². The normalized spacial score (nSPS) is 21.7. The van der Waals surface area contributed by atoms with Crippen LogP contribution in [0.1, 0.15) is 29.4 Å². The fourth-order valence-corrected chi connectivity index (χ4v) is 3.28. The lowest BCUT2D eigenvalue weighted by atomic mass is 10.1. The topological polar surface area (TPSA) is 104 Å². The highest BCUT2D eigenvalue weighted by Gasteiger charge is 2.44. The Hall–Kier alpha value is -3.49. The van der Waals surface area contributed by atoms with E-state index >= 15 is 0 Å². The number of nitrogens with two attached hydrogens (primary N) is 1. The Morgan fingerprint density at radius 2 is 2.19 bits per heavy atom. The number of primary amides is 1. The predicted molar refractivity (Wildman–Crippen MR) is 118 cm³/mol. The van der Waals surface area contributed by atoms with Gasteiger partial charge in [0.05, 0.1) is 42.1 Å². The second-order valence-electron chi connectivity index (χ2n) is 7.62. The molecule has 0 spiro atoms. The van der Waals surface area contributed by atoms with E-state index < -0.39 is 18.0 Å². The van der Waals surface area contributed by atoms with Gasteiger partial charge in [0.25, 0.3) is 5.91 Å². The van der Waals surface area contributed by atoms with Crippen molar-refractivity contribution in [1.29, 1.82) is 0 Å². The summed E-state index contributed by atoms with van der Waals surface area (Å²) in [7, 11) is 3.71. The van der Waals surface area contributed by atoms with Crippen LogP contribution < -0.4 is 16.0 Å². The molecule has 0 unspecified atom stereocenters. The lowest BCUT2D eigenvalue weighted by Crippen LogP contribution is -2.27. The molecule has 2 amide bonds. The minimum Gasteiger partial charge on any atom is -0.364 e. The monoisotopic (exact) mass is 426 g/mol. The van der Waals surface area contributed by atoms with Crippen molar-refractivity contribution in [3.05, 3.63) is 59.3 Å². The molecule has 3 rings (SSSR count). The van der Waals surface area contributed by atoms with Crippen LogP contribution in [0.2, 0.25) is 0 Å². The molecule has 1 saturated carbocycles. The third kappa shape index (κ3) is 4.99. The number of rotatable bonds is 8. The van der Waals surface area contributed by atoms with Crippen molar-refractivity contribution in [3.63, 3.8) is 0 Å². The highest BCUT2D eigenvalue weighted by molar-refractivity contribution is 5.91. The van der Waals surface area contributed by atoms with Crippen LogP contribution in [0, 0.1) is 5.92 Å². The minimum absolute atomic E-state index is 0.196. The summed E-state index contributed by atoms with van der Waals surface area (Å²) in [5.41, 5.74) is 9.03. The minimum atomic E-state index is -1.09. The number of nitrogens with zero attached hydrogens (tertiary/aromatic N) is 4. The average molecular weight is 426 g/mol. The Balaban J connectivity index is 1.96. The zero-order valence-corrected chi connectivity index (χ0v) is 17.9. The molecule has 0 radical (unpaired) electrons. The van der Waals surface area contributed by atoms with Crippen molar-refractivity contribution >= 4 is 23.8 Å². The number of aromatic nitrogens is 1. The molecule has 2 aliphatic rings. The summed E-state index contributed by atoms with van der Waals surface area (Å²) in [6, 6.07) is 1.67. The fourth-order valence-electron chi connectivity index (χ4n) is 3.28. The summed E-state index contributed by atoms with van der Waals surface area (Å²) in [6.07, 6.45) is 6.47. The molecule has 0 bridgehead atoms. The van der Waals surface area contributed by atoms with Crippen LogP contribution in [0.25, 0.3) is 0 Å². The smallest absolute Gasteiger partial charge is 0.267 e.